The summed E-state index contributed by atoms with van der Waals surface area (Å²) in [5.74, 6) is 0.0843. The Morgan fingerprint density at radius 3 is 2.85 bits per heavy atom. The monoisotopic (exact) mass is 276 g/mol. The van der Waals surface area contributed by atoms with Crippen LogP contribution in [0, 0.1) is 6.92 Å². The van der Waals surface area contributed by atoms with Gasteiger partial charge in [0.15, 0.2) is 0 Å². The van der Waals surface area contributed by atoms with E-state index in [0.29, 0.717) is 19.7 Å². The van der Waals surface area contributed by atoms with Gasteiger partial charge in [0.2, 0.25) is 0 Å². The molecule has 4 heteroatoms. The molecule has 0 saturated carbocycles. The fourth-order valence-electron chi connectivity index (χ4n) is 2.54. The summed E-state index contributed by atoms with van der Waals surface area (Å²) in [6, 6.07) is 5.97. The lowest BCUT2D eigenvalue weighted by molar-refractivity contribution is -0.0763. The lowest BCUT2D eigenvalue weighted by Gasteiger charge is -2.38. The van der Waals surface area contributed by atoms with E-state index in [0.717, 1.165) is 23.4 Å². The van der Waals surface area contributed by atoms with E-state index in [9.17, 15) is 4.79 Å². The first kappa shape index (κ1) is 14.9. The van der Waals surface area contributed by atoms with Crippen molar-refractivity contribution in [3.8, 4) is 0 Å². The van der Waals surface area contributed by atoms with Crippen LogP contribution in [0.3, 0.4) is 0 Å². The Bertz CT molecular complexity index is 497. The van der Waals surface area contributed by atoms with Crippen molar-refractivity contribution >= 4 is 11.6 Å². The lowest BCUT2D eigenvalue weighted by Crippen LogP contribution is -2.50. The van der Waals surface area contributed by atoms with Gasteiger partial charge in [-0.2, -0.15) is 0 Å². The van der Waals surface area contributed by atoms with Crippen LogP contribution in [0.2, 0.25) is 0 Å². The van der Waals surface area contributed by atoms with Crippen molar-refractivity contribution in [1.82, 2.24) is 4.90 Å². The number of morpholine rings is 1. The summed E-state index contributed by atoms with van der Waals surface area (Å²) in [6.45, 7) is 10.8. The number of hydrogen-bond acceptors (Lipinski definition) is 3. The molecule has 0 spiro atoms. The molecule has 1 aliphatic rings. The molecule has 0 aliphatic carbocycles. The molecule has 0 aromatic heterocycles. The molecule has 1 aromatic carbocycles. The zero-order chi connectivity index (χ0) is 14.8. The largest absolute Gasteiger partial charge is 0.385 e. The molecule has 0 radical (unpaired) electrons. The number of anilines is 1. The summed E-state index contributed by atoms with van der Waals surface area (Å²) in [4.78, 5) is 14.7. The maximum Gasteiger partial charge on any atom is 0.256 e. The molecule has 1 aromatic rings. The average Bonchev–Trinajstić information content (AvgIpc) is 2.39. The van der Waals surface area contributed by atoms with Crippen molar-refractivity contribution in [3.63, 3.8) is 0 Å². The second kappa shape index (κ2) is 5.83. The maximum atomic E-state index is 12.8. The molecule has 20 heavy (non-hydrogen) atoms. The number of nitrogens with zero attached hydrogens (tertiary/aromatic N) is 1. The second-order valence-electron chi connectivity index (χ2n) is 5.91. The number of amides is 1. The molecule has 0 unspecified atom stereocenters. The van der Waals surface area contributed by atoms with Gasteiger partial charge in [-0.05, 0) is 39.8 Å². The molecule has 2 rings (SSSR count). The van der Waals surface area contributed by atoms with Crippen LogP contribution in [-0.4, -0.2) is 42.6 Å². The first-order valence-corrected chi connectivity index (χ1v) is 7.21. The highest BCUT2D eigenvalue weighted by Gasteiger charge is 2.31. The zero-order valence-electron chi connectivity index (χ0n) is 12.8. The Kier molecular flexibility index (Phi) is 4.33. The predicted molar refractivity (Wildman–Crippen MR) is 81.3 cm³/mol. The van der Waals surface area contributed by atoms with Gasteiger partial charge in [-0.15, -0.1) is 0 Å². The van der Waals surface area contributed by atoms with E-state index in [2.05, 4.69) is 5.32 Å². The number of aryl methyl sites for hydroxylation is 1. The Morgan fingerprint density at radius 2 is 2.20 bits per heavy atom. The number of carbonyl (C=O) groups is 1. The highest BCUT2D eigenvalue weighted by molar-refractivity contribution is 6.00. The number of rotatable bonds is 3. The summed E-state index contributed by atoms with van der Waals surface area (Å²) in [5.41, 5.74) is 2.50. The van der Waals surface area contributed by atoms with Gasteiger partial charge >= 0.3 is 0 Å². The maximum absolute atomic E-state index is 12.8. The third-order valence-electron chi connectivity index (χ3n) is 3.49. The Morgan fingerprint density at radius 1 is 1.45 bits per heavy atom. The molecule has 1 N–H and O–H groups in total. The zero-order valence-corrected chi connectivity index (χ0v) is 12.8. The van der Waals surface area contributed by atoms with Gasteiger partial charge in [-0.1, -0.05) is 11.6 Å². The van der Waals surface area contributed by atoms with E-state index >= 15 is 0 Å². The third-order valence-corrected chi connectivity index (χ3v) is 3.49. The van der Waals surface area contributed by atoms with Crippen LogP contribution in [0.15, 0.2) is 18.2 Å². The molecule has 1 aliphatic heterocycles. The summed E-state index contributed by atoms with van der Waals surface area (Å²) in [6.07, 6.45) is 0. The minimum atomic E-state index is -0.268. The number of carbonyl (C=O) groups excluding carboxylic acids is 1. The molecule has 1 amide bonds. The van der Waals surface area contributed by atoms with E-state index in [1.54, 1.807) is 0 Å². The molecule has 1 fully saturated rings. The molecular formula is C16H24N2O2. The van der Waals surface area contributed by atoms with Crippen molar-refractivity contribution < 1.29 is 9.53 Å². The Hall–Kier alpha value is -1.55. The van der Waals surface area contributed by atoms with Crippen LogP contribution in [0.5, 0.6) is 0 Å². The summed E-state index contributed by atoms with van der Waals surface area (Å²) in [5, 5.41) is 3.27. The molecule has 110 valence electrons. The number of benzene rings is 1. The molecular weight excluding hydrogens is 252 g/mol. The van der Waals surface area contributed by atoms with Crippen LogP contribution >= 0.6 is 0 Å². The smallest absolute Gasteiger partial charge is 0.256 e. The van der Waals surface area contributed by atoms with Crippen LogP contribution in [0.4, 0.5) is 5.69 Å². The highest BCUT2D eigenvalue weighted by atomic mass is 16.5. The van der Waals surface area contributed by atoms with Crippen LogP contribution in [0.25, 0.3) is 0 Å². The molecule has 1 heterocycles. The second-order valence-corrected chi connectivity index (χ2v) is 5.91. The quantitative estimate of drug-likeness (QED) is 0.923. The average molecular weight is 276 g/mol. The number of ether oxygens (including phenoxy) is 1. The van der Waals surface area contributed by atoms with Crippen LogP contribution in [0.1, 0.15) is 36.7 Å². The van der Waals surface area contributed by atoms with Crippen LogP contribution in [-0.2, 0) is 4.74 Å². The first-order chi connectivity index (χ1) is 9.43. The van der Waals surface area contributed by atoms with Gasteiger partial charge in [0.25, 0.3) is 5.91 Å². The van der Waals surface area contributed by atoms with Gasteiger partial charge < -0.3 is 15.0 Å². The normalized spacial score (nSPS) is 17.9. The standard InChI is InChI=1S/C16H24N2O2/c1-5-17-14-7-6-12(2)10-13(14)15(19)18-8-9-20-16(3,4)11-18/h6-7,10,17H,5,8-9,11H2,1-4H3. The van der Waals surface area contributed by atoms with Crippen molar-refractivity contribution in [3.05, 3.63) is 29.3 Å². The summed E-state index contributed by atoms with van der Waals surface area (Å²) < 4.78 is 5.67. The Labute approximate surface area is 121 Å². The van der Waals surface area contributed by atoms with Crippen molar-refractivity contribution in [1.29, 1.82) is 0 Å². The topological polar surface area (TPSA) is 41.6 Å². The molecule has 4 nitrogen and oxygen atoms in total. The Balaban J connectivity index is 2.26. The SMILES string of the molecule is CCNc1ccc(C)cc1C(=O)N1CCOC(C)(C)C1. The number of nitrogens with one attached hydrogen (secondary N) is 1. The van der Waals surface area contributed by atoms with Crippen molar-refractivity contribution in [2.75, 3.05) is 31.6 Å². The lowest BCUT2D eigenvalue weighted by atomic mass is 10.0. The summed E-state index contributed by atoms with van der Waals surface area (Å²) in [7, 11) is 0. The van der Waals surface area contributed by atoms with E-state index in [4.69, 9.17) is 4.74 Å². The van der Waals surface area contributed by atoms with E-state index in [1.165, 1.54) is 0 Å². The van der Waals surface area contributed by atoms with Gasteiger partial charge in [-0.25, -0.2) is 0 Å². The summed E-state index contributed by atoms with van der Waals surface area (Å²) >= 11 is 0. The van der Waals surface area contributed by atoms with Crippen molar-refractivity contribution in [2.45, 2.75) is 33.3 Å². The van der Waals surface area contributed by atoms with Gasteiger partial charge in [0, 0.05) is 25.3 Å². The van der Waals surface area contributed by atoms with Gasteiger partial charge in [-0.3, -0.25) is 4.79 Å². The minimum absolute atomic E-state index is 0.0843. The first-order valence-electron chi connectivity index (χ1n) is 7.21. The number of hydrogen-bond donors (Lipinski definition) is 1. The molecule has 0 bridgehead atoms. The minimum Gasteiger partial charge on any atom is -0.385 e. The van der Waals surface area contributed by atoms with E-state index in [-0.39, 0.29) is 11.5 Å². The predicted octanol–water partition coefficient (Wildman–Crippen LogP) is 2.68. The van der Waals surface area contributed by atoms with Gasteiger partial charge in [0.05, 0.1) is 17.8 Å². The van der Waals surface area contributed by atoms with Gasteiger partial charge in [0.1, 0.15) is 0 Å². The van der Waals surface area contributed by atoms with E-state index in [1.807, 2.05) is 50.8 Å². The fourth-order valence-corrected chi connectivity index (χ4v) is 2.54. The fraction of sp³-hybridized carbons (Fsp3) is 0.562. The van der Waals surface area contributed by atoms with Crippen LogP contribution < -0.4 is 5.32 Å². The molecule has 0 atom stereocenters. The highest BCUT2D eigenvalue weighted by Crippen LogP contribution is 2.23. The molecule has 1 saturated heterocycles. The van der Waals surface area contributed by atoms with E-state index < -0.39 is 0 Å². The third kappa shape index (κ3) is 3.31. The van der Waals surface area contributed by atoms with Crippen molar-refractivity contribution in [2.24, 2.45) is 0 Å².